The van der Waals surface area contributed by atoms with E-state index in [-0.39, 0.29) is 0 Å². The summed E-state index contributed by atoms with van der Waals surface area (Å²) in [4.78, 5) is 0. The van der Waals surface area contributed by atoms with E-state index >= 15 is 0 Å². The van der Waals surface area contributed by atoms with Gasteiger partial charge in [-0.25, -0.2) is 0 Å². The van der Waals surface area contributed by atoms with Crippen LogP contribution in [0.4, 0.5) is 0 Å². The third-order valence-electron chi connectivity index (χ3n) is 3.28. The molecule has 0 heterocycles. The van der Waals surface area contributed by atoms with Crippen molar-refractivity contribution in [2.45, 2.75) is 90.9 Å². The lowest BCUT2D eigenvalue weighted by Gasteiger charge is -1.99. The van der Waals surface area contributed by atoms with Gasteiger partial charge in [-0.15, -0.1) is 0 Å². The van der Waals surface area contributed by atoms with Gasteiger partial charge >= 0.3 is 0 Å². The number of hydrogen-bond acceptors (Lipinski definition) is 0. The van der Waals surface area contributed by atoms with E-state index in [0.29, 0.717) is 0 Å². The van der Waals surface area contributed by atoms with Crippen molar-refractivity contribution in [3.63, 3.8) is 0 Å². The van der Waals surface area contributed by atoms with Crippen molar-refractivity contribution in [3.05, 3.63) is 24.3 Å². The predicted molar refractivity (Wildman–Crippen MR) is 85.0 cm³/mol. The molecule has 0 spiro atoms. The molecule has 0 aliphatic carbocycles. The molecule has 0 saturated heterocycles. The summed E-state index contributed by atoms with van der Waals surface area (Å²) in [7, 11) is 0. The van der Waals surface area contributed by atoms with Gasteiger partial charge in [0.25, 0.3) is 0 Å². The maximum Gasteiger partial charge on any atom is -0.0351 e. The van der Waals surface area contributed by atoms with E-state index in [1.54, 1.807) is 0 Å². The average Bonchev–Trinajstić information content (AvgIpc) is 2.39. The van der Waals surface area contributed by atoms with E-state index in [2.05, 4.69) is 38.2 Å². The van der Waals surface area contributed by atoms with E-state index < -0.39 is 0 Å². The van der Waals surface area contributed by atoms with Crippen LogP contribution in [0, 0.1) is 0 Å². The summed E-state index contributed by atoms with van der Waals surface area (Å²) < 4.78 is 0. The Balaban J connectivity index is 3.03. The van der Waals surface area contributed by atoms with Gasteiger partial charge in [-0.3, -0.25) is 0 Å². The average molecular weight is 250 g/mol. The maximum atomic E-state index is 2.38. The van der Waals surface area contributed by atoms with Crippen LogP contribution in [0.15, 0.2) is 24.3 Å². The summed E-state index contributed by atoms with van der Waals surface area (Å²) >= 11 is 0. The van der Waals surface area contributed by atoms with Crippen LogP contribution < -0.4 is 0 Å². The zero-order valence-corrected chi connectivity index (χ0v) is 12.8. The van der Waals surface area contributed by atoms with Gasteiger partial charge in [-0.1, -0.05) is 76.7 Å². The fourth-order valence-electron chi connectivity index (χ4n) is 2.07. The van der Waals surface area contributed by atoms with Gasteiger partial charge in [0.2, 0.25) is 0 Å². The van der Waals surface area contributed by atoms with Gasteiger partial charge in [-0.05, 0) is 38.5 Å². The Morgan fingerprint density at radius 1 is 0.500 bits per heavy atom. The highest BCUT2D eigenvalue weighted by atomic mass is 14.0. The first kappa shape index (κ1) is 17.5. The first-order chi connectivity index (χ1) is 8.91. The molecule has 0 aromatic heterocycles. The molecule has 0 radical (unpaired) electrons. The summed E-state index contributed by atoms with van der Waals surface area (Å²) in [6, 6.07) is 0. The summed E-state index contributed by atoms with van der Waals surface area (Å²) in [5, 5.41) is 0. The lowest BCUT2D eigenvalue weighted by molar-refractivity contribution is 0.599. The molecule has 0 rings (SSSR count). The number of hydrogen-bond donors (Lipinski definition) is 0. The second-order valence-electron chi connectivity index (χ2n) is 5.19. The molecular formula is C18H34. The number of rotatable bonds is 13. The monoisotopic (exact) mass is 250 g/mol. The highest BCUT2D eigenvalue weighted by Crippen LogP contribution is 2.09. The normalized spacial score (nSPS) is 11.9. The Kier molecular flexibility index (Phi) is 16.0. The van der Waals surface area contributed by atoms with Crippen molar-refractivity contribution in [2.75, 3.05) is 0 Å². The van der Waals surface area contributed by atoms with Crippen LogP contribution in [-0.4, -0.2) is 0 Å². The molecule has 0 saturated carbocycles. The largest absolute Gasteiger partial charge is 0.0888 e. The third kappa shape index (κ3) is 15.5. The molecule has 0 aliphatic heterocycles. The van der Waals surface area contributed by atoms with E-state index in [1.165, 1.54) is 77.0 Å². The van der Waals surface area contributed by atoms with Crippen LogP contribution in [0.25, 0.3) is 0 Å². The fourth-order valence-corrected chi connectivity index (χ4v) is 2.07. The summed E-state index contributed by atoms with van der Waals surface area (Å²) in [6.07, 6.45) is 25.5. The van der Waals surface area contributed by atoms with Crippen LogP contribution in [-0.2, 0) is 0 Å². The van der Waals surface area contributed by atoms with Crippen LogP contribution >= 0.6 is 0 Å². The zero-order chi connectivity index (χ0) is 13.3. The maximum absolute atomic E-state index is 2.38. The second-order valence-corrected chi connectivity index (χ2v) is 5.19. The Hall–Kier alpha value is -0.520. The Bertz CT molecular complexity index is 188. The molecule has 0 aromatic carbocycles. The topological polar surface area (TPSA) is 0 Å². The predicted octanol–water partition coefficient (Wildman–Crippen LogP) is 6.82. The smallest absolute Gasteiger partial charge is 0.0351 e. The standard InChI is InChI=1S/C18H34/c1-3-5-7-9-11-13-15-17-18-16-14-12-10-8-6-4-2/h5,7,10,12H,3-4,6,8-9,11,13-18H2,1-2H3. The first-order valence-corrected chi connectivity index (χ1v) is 8.21. The molecule has 0 unspecified atom stereocenters. The zero-order valence-electron chi connectivity index (χ0n) is 12.8. The molecule has 0 aliphatic rings. The van der Waals surface area contributed by atoms with Gasteiger partial charge < -0.3 is 0 Å². The summed E-state index contributed by atoms with van der Waals surface area (Å²) in [6.45, 7) is 4.46. The van der Waals surface area contributed by atoms with Crippen molar-refractivity contribution in [3.8, 4) is 0 Å². The number of allylic oxidation sites excluding steroid dienone is 4. The molecule has 18 heavy (non-hydrogen) atoms. The van der Waals surface area contributed by atoms with E-state index in [0.717, 1.165) is 0 Å². The molecule has 0 N–H and O–H groups in total. The first-order valence-electron chi connectivity index (χ1n) is 8.21. The Morgan fingerprint density at radius 2 is 0.944 bits per heavy atom. The molecule has 0 aromatic rings. The van der Waals surface area contributed by atoms with Crippen molar-refractivity contribution < 1.29 is 0 Å². The lowest BCUT2D eigenvalue weighted by Crippen LogP contribution is -1.79. The van der Waals surface area contributed by atoms with Gasteiger partial charge in [0, 0.05) is 0 Å². The SMILES string of the molecule is CCC=CCCCCCCCCC=CCCCC. The van der Waals surface area contributed by atoms with Crippen molar-refractivity contribution in [2.24, 2.45) is 0 Å². The third-order valence-corrected chi connectivity index (χ3v) is 3.28. The van der Waals surface area contributed by atoms with Crippen LogP contribution in [0.1, 0.15) is 90.9 Å². The summed E-state index contributed by atoms with van der Waals surface area (Å²) in [5.74, 6) is 0. The van der Waals surface area contributed by atoms with Crippen molar-refractivity contribution in [1.29, 1.82) is 0 Å². The fraction of sp³-hybridized carbons (Fsp3) is 0.778. The minimum absolute atomic E-state index is 1.19. The van der Waals surface area contributed by atoms with Crippen molar-refractivity contribution in [1.82, 2.24) is 0 Å². The van der Waals surface area contributed by atoms with Crippen LogP contribution in [0.2, 0.25) is 0 Å². The van der Waals surface area contributed by atoms with Gasteiger partial charge in [-0.2, -0.15) is 0 Å². The lowest BCUT2D eigenvalue weighted by atomic mass is 10.1. The van der Waals surface area contributed by atoms with Gasteiger partial charge in [0.1, 0.15) is 0 Å². The van der Waals surface area contributed by atoms with E-state index in [1.807, 2.05) is 0 Å². The Labute approximate surface area is 116 Å². The van der Waals surface area contributed by atoms with Gasteiger partial charge in [0.05, 0.1) is 0 Å². The van der Waals surface area contributed by atoms with Crippen LogP contribution in [0.3, 0.4) is 0 Å². The molecule has 0 fully saturated rings. The molecule has 0 atom stereocenters. The quantitative estimate of drug-likeness (QED) is 0.248. The van der Waals surface area contributed by atoms with Crippen LogP contribution in [0.5, 0.6) is 0 Å². The molecule has 0 heteroatoms. The Morgan fingerprint density at radius 3 is 1.44 bits per heavy atom. The molecule has 0 amide bonds. The number of unbranched alkanes of at least 4 members (excludes halogenated alkanes) is 9. The minimum Gasteiger partial charge on any atom is -0.0888 e. The van der Waals surface area contributed by atoms with E-state index in [9.17, 15) is 0 Å². The molecule has 0 nitrogen and oxygen atoms in total. The highest BCUT2D eigenvalue weighted by Gasteiger charge is 1.89. The minimum atomic E-state index is 1.19. The van der Waals surface area contributed by atoms with Gasteiger partial charge in [0.15, 0.2) is 0 Å². The summed E-state index contributed by atoms with van der Waals surface area (Å²) in [5.41, 5.74) is 0. The molecule has 106 valence electrons. The highest BCUT2D eigenvalue weighted by molar-refractivity contribution is 4.81. The molecular weight excluding hydrogens is 216 g/mol. The second kappa shape index (κ2) is 16.5. The van der Waals surface area contributed by atoms with E-state index in [4.69, 9.17) is 0 Å². The van der Waals surface area contributed by atoms with Crippen molar-refractivity contribution >= 4 is 0 Å². The molecule has 0 bridgehead atoms.